The van der Waals surface area contributed by atoms with Crippen LogP contribution in [0.5, 0.6) is 11.5 Å². The summed E-state index contributed by atoms with van der Waals surface area (Å²) in [5.74, 6) is 1.74. The molecule has 37 heavy (non-hydrogen) atoms. The maximum atomic E-state index is 6.21. The molecular formula is C30H30N4O2S. The van der Waals surface area contributed by atoms with Crippen molar-refractivity contribution in [1.82, 2.24) is 14.9 Å². The lowest BCUT2D eigenvalue weighted by atomic mass is 10.0. The van der Waals surface area contributed by atoms with Crippen molar-refractivity contribution in [1.29, 1.82) is 0 Å². The molecule has 3 heterocycles. The van der Waals surface area contributed by atoms with Gasteiger partial charge in [-0.15, -0.1) is 0 Å². The van der Waals surface area contributed by atoms with Gasteiger partial charge < -0.3 is 24.3 Å². The van der Waals surface area contributed by atoms with Gasteiger partial charge >= 0.3 is 0 Å². The van der Waals surface area contributed by atoms with Crippen molar-refractivity contribution in [2.45, 2.75) is 43.9 Å². The fourth-order valence-corrected chi connectivity index (χ4v) is 5.78. The first-order chi connectivity index (χ1) is 18.2. The van der Waals surface area contributed by atoms with Crippen LogP contribution in [0.1, 0.15) is 49.2 Å². The van der Waals surface area contributed by atoms with E-state index in [0.717, 1.165) is 47.1 Å². The van der Waals surface area contributed by atoms with Gasteiger partial charge in [0.25, 0.3) is 0 Å². The molecule has 6 nitrogen and oxygen atoms in total. The van der Waals surface area contributed by atoms with Gasteiger partial charge in [-0.05, 0) is 111 Å². The number of ether oxygens (including phenoxy) is 2. The van der Waals surface area contributed by atoms with Crippen molar-refractivity contribution < 1.29 is 9.47 Å². The number of rotatable bonds is 7. The Morgan fingerprint density at radius 1 is 0.865 bits per heavy atom. The third kappa shape index (κ3) is 4.67. The largest absolute Gasteiger partial charge is 0.497 e. The van der Waals surface area contributed by atoms with Crippen LogP contribution in [0.15, 0.2) is 91.3 Å². The molecule has 0 bridgehead atoms. The zero-order chi connectivity index (χ0) is 25.2. The molecule has 7 heteroatoms. The number of nitrogens with zero attached hydrogens (tertiary/aromatic N) is 3. The quantitative estimate of drug-likeness (QED) is 0.291. The molecule has 188 valence electrons. The van der Waals surface area contributed by atoms with Gasteiger partial charge in [0.1, 0.15) is 17.5 Å². The van der Waals surface area contributed by atoms with E-state index in [0.29, 0.717) is 11.2 Å². The fraction of sp³-hybridized carbons (Fsp3) is 0.267. The lowest BCUT2D eigenvalue weighted by Gasteiger charge is -2.29. The first kappa shape index (κ1) is 23.6. The number of nitrogens with one attached hydrogen (secondary N) is 1. The van der Waals surface area contributed by atoms with Gasteiger partial charge in [0.15, 0.2) is 5.11 Å². The number of benzene rings is 2. The SMILES string of the molecule is COc1ccc(-n2cccc2C2C(c3ccccn3)NC(=S)N2c2ccc(OC3CCCC3)cc2)cc1. The van der Waals surface area contributed by atoms with Crippen molar-refractivity contribution in [3.05, 3.63) is 103 Å². The van der Waals surface area contributed by atoms with Crippen molar-refractivity contribution in [2.24, 2.45) is 0 Å². The number of pyridine rings is 1. The van der Waals surface area contributed by atoms with Crippen LogP contribution in [0.3, 0.4) is 0 Å². The minimum Gasteiger partial charge on any atom is -0.497 e. The molecule has 2 fully saturated rings. The summed E-state index contributed by atoms with van der Waals surface area (Å²) >= 11 is 5.92. The molecule has 1 saturated carbocycles. The number of methoxy groups -OCH3 is 1. The molecular weight excluding hydrogens is 480 g/mol. The topological polar surface area (TPSA) is 51.5 Å². The van der Waals surface area contributed by atoms with E-state index in [2.05, 4.69) is 80.6 Å². The number of aromatic nitrogens is 2. The predicted molar refractivity (Wildman–Crippen MR) is 150 cm³/mol. The second-order valence-electron chi connectivity index (χ2n) is 9.52. The second kappa shape index (κ2) is 10.3. The van der Waals surface area contributed by atoms with E-state index in [1.54, 1.807) is 7.11 Å². The molecule has 2 atom stereocenters. The van der Waals surface area contributed by atoms with Gasteiger partial charge in [-0.3, -0.25) is 4.98 Å². The summed E-state index contributed by atoms with van der Waals surface area (Å²) in [6.45, 7) is 0. The second-order valence-corrected chi connectivity index (χ2v) is 9.90. The Hall–Kier alpha value is -3.84. The highest BCUT2D eigenvalue weighted by atomic mass is 32.1. The van der Waals surface area contributed by atoms with Gasteiger partial charge in [-0.2, -0.15) is 0 Å². The highest BCUT2D eigenvalue weighted by Crippen LogP contribution is 2.42. The standard InChI is InChI=1S/C30H30N4O2S/c1-35-23-15-11-21(12-16-23)33-20-6-10-27(33)29-28(26-9-4-5-19-31-26)32-30(37)34(29)22-13-17-25(18-14-22)36-24-7-2-3-8-24/h4-6,9-20,24,28-29H,2-3,7-8H2,1H3,(H,32,37). The Kier molecular flexibility index (Phi) is 6.53. The van der Waals surface area contributed by atoms with Gasteiger partial charge in [-0.25, -0.2) is 0 Å². The smallest absolute Gasteiger partial charge is 0.174 e. The third-order valence-corrected chi connectivity index (χ3v) is 7.57. The molecule has 4 aromatic rings. The van der Waals surface area contributed by atoms with Crippen LogP contribution in [0.2, 0.25) is 0 Å². The van der Waals surface area contributed by atoms with E-state index in [-0.39, 0.29) is 12.1 Å². The highest BCUT2D eigenvalue weighted by Gasteiger charge is 2.42. The zero-order valence-electron chi connectivity index (χ0n) is 20.8. The predicted octanol–water partition coefficient (Wildman–Crippen LogP) is 6.38. The summed E-state index contributed by atoms with van der Waals surface area (Å²) in [4.78, 5) is 6.88. The van der Waals surface area contributed by atoms with E-state index in [4.69, 9.17) is 21.7 Å². The highest BCUT2D eigenvalue weighted by molar-refractivity contribution is 7.80. The zero-order valence-corrected chi connectivity index (χ0v) is 21.6. The third-order valence-electron chi connectivity index (χ3n) is 7.25. The summed E-state index contributed by atoms with van der Waals surface area (Å²) in [6.07, 6.45) is 9.02. The van der Waals surface area contributed by atoms with E-state index < -0.39 is 0 Å². The maximum Gasteiger partial charge on any atom is 0.174 e. The van der Waals surface area contributed by atoms with Gasteiger partial charge in [0, 0.05) is 29.5 Å². The lowest BCUT2D eigenvalue weighted by molar-refractivity contribution is 0.210. The van der Waals surface area contributed by atoms with Crippen molar-refractivity contribution in [2.75, 3.05) is 12.0 Å². The van der Waals surface area contributed by atoms with E-state index in [1.165, 1.54) is 12.8 Å². The summed E-state index contributed by atoms with van der Waals surface area (Å²) in [5.41, 5.74) is 4.13. The molecule has 1 N–H and O–H groups in total. The van der Waals surface area contributed by atoms with Gasteiger partial charge in [0.05, 0.1) is 24.9 Å². The van der Waals surface area contributed by atoms with Crippen LogP contribution in [0.4, 0.5) is 5.69 Å². The normalized spacial score (nSPS) is 19.7. The Morgan fingerprint density at radius 2 is 1.59 bits per heavy atom. The molecule has 0 radical (unpaired) electrons. The number of anilines is 1. The number of hydrogen-bond acceptors (Lipinski definition) is 4. The average molecular weight is 511 g/mol. The fourth-order valence-electron chi connectivity index (χ4n) is 5.43. The van der Waals surface area contributed by atoms with Crippen LogP contribution < -0.4 is 19.7 Å². The number of hydrogen-bond donors (Lipinski definition) is 1. The number of thiocarbonyl (C=S) groups is 1. The minimum atomic E-state index is -0.116. The molecule has 2 aromatic heterocycles. The van der Waals surface area contributed by atoms with E-state index in [1.807, 2.05) is 30.5 Å². The van der Waals surface area contributed by atoms with Crippen LogP contribution in [0, 0.1) is 0 Å². The van der Waals surface area contributed by atoms with Crippen molar-refractivity contribution in [3.8, 4) is 17.2 Å². The molecule has 0 amide bonds. The summed E-state index contributed by atoms with van der Waals surface area (Å²) < 4.78 is 13.8. The summed E-state index contributed by atoms with van der Waals surface area (Å²) in [5, 5.41) is 4.23. The molecule has 2 unspecified atom stereocenters. The average Bonchev–Trinajstić information content (AvgIpc) is 3.70. The Balaban J connectivity index is 1.38. The molecule has 2 aliphatic rings. The van der Waals surface area contributed by atoms with Gasteiger partial charge in [-0.1, -0.05) is 6.07 Å². The molecule has 1 aliphatic carbocycles. The minimum absolute atomic E-state index is 0.110. The molecule has 1 aliphatic heterocycles. The first-order valence-corrected chi connectivity index (χ1v) is 13.2. The molecule has 1 saturated heterocycles. The van der Waals surface area contributed by atoms with Gasteiger partial charge in [0.2, 0.25) is 0 Å². The Labute approximate surface area is 222 Å². The molecule has 6 rings (SSSR count). The van der Waals surface area contributed by atoms with Crippen molar-refractivity contribution in [3.63, 3.8) is 0 Å². The van der Waals surface area contributed by atoms with Crippen molar-refractivity contribution >= 4 is 23.0 Å². The first-order valence-electron chi connectivity index (χ1n) is 12.8. The van der Waals surface area contributed by atoms with Crippen LogP contribution in [-0.4, -0.2) is 27.9 Å². The lowest BCUT2D eigenvalue weighted by Crippen LogP contribution is -2.30. The van der Waals surface area contributed by atoms with E-state index in [9.17, 15) is 0 Å². The molecule has 0 spiro atoms. The van der Waals surface area contributed by atoms with Crippen LogP contribution >= 0.6 is 12.2 Å². The summed E-state index contributed by atoms with van der Waals surface area (Å²) in [7, 11) is 1.68. The maximum absolute atomic E-state index is 6.21. The molecule has 2 aromatic carbocycles. The monoisotopic (exact) mass is 510 g/mol. The van der Waals surface area contributed by atoms with Crippen LogP contribution in [0.25, 0.3) is 5.69 Å². The van der Waals surface area contributed by atoms with E-state index >= 15 is 0 Å². The summed E-state index contributed by atoms with van der Waals surface area (Å²) in [6, 6.07) is 26.4. The Morgan fingerprint density at radius 3 is 2.30 bits per heavy atom. The Bertz CT molecular complexity index is 1350. The van der Waals surface area contributed by atoms with Crippen LogP contribution in [-0.2, 0) is 0 Å².